The van der Waals surface area contributed by atoms with Crippen molar-refractivity contribution in [2.75, 3.05) is 26.8 Å². The molecule has 3 rings (SSSR count). The minimum atomic E-state index is 0.696. The highest BCUT2D eigenvalue weighted by molar-refractivity contribution is 8.22. The van der Waals surface area contributed by atoms with Gasteiger partial charge in [-0.1, -0.05) is 30.0 Å². The highest BCUT2D eigenvalue weighted by atomic mass is 32.2. The number of thioether (sulfide) groups is 1. The fourth-order valence-electron chi connectivity index (χ4n) is 2.62. The molecule has 0 N–H and O–H groups in total. The van der Waals surface area contributed by atoms with Gasteiger partial charge >= 0.3 is 0 Å². The first-order chi connectivity index (χ1) is 11.7. The molecule has 1 aliphatic rings. The summed E-state index contributed by atoms with van der Waals surface area (Å²) in [6, 6.07) is 9.90. The molecule has 0 radical (unpaired) electrons. The van der Waals surface area contributed by atoms with E-state index in [1.165, 1.54) is 5.56 Å². The molecule has 0 unspecified atom stereocenters. The molecule has 2 aromatic rings. The summed E-state index contributed by atoms with van der Waals surface area (Å²) >= 11 is 7.15. The molecule has 1 aliphatic heterocycles. The van der Waals surface area contributed by atoms with E-state index in [9.17, 15) is 0 Å². The normalized spacial score (nSPS) is 15.6. The van der Waals surface area contributed by atoms with E-state index < -0.39 is 0 Å². The molecule has 0 saturated carbocycles. The van der Waals surface area contributed by atoms with Gasteiger partial charge in [-0.15, -0.1) is 0 Å². The van der Waals surface area contributed by atoms with E-state index in [-0.39, 0.29) is 0 Å². The zero-order valence-corrected chi connectivity index (χ0v) is 15.4. The minimum absolute atomic E-state index is 0.696. The maximum Gasteiger partial charge on any atom is 0.161 e. The van der Waals surface area contributed by atoms with Crippen LogP contribution in [0.25, 0.3) is 0 Å². The molecule has 7 heteroatoms. The fourth-order valence-corrected chi connectivity index (χ4v) is 3.67. The number of furan rings is 1. The third kappa shape index (κ3) is 4.03. The van der Waals surface area contributed by atoms with Crippen LogP contribution in [0.5, 0.6) is 11.5 Å². The van der Waals surface area contributed by atoms with Gasteiger partial charge < -0.3 is 18.8 Å². The van der Waals surface area contributed by atoms with Crippen LogP contribution in [0.1, 0.15) is 11.3 Å². The summed E-state index contributed by atoms with van der Waals surface area (Å²) in [5, 5.41) is 0. The Kier molecular flexibility index (Phi) is 5.65. The number of hydrogen-bond acceptors (Lipinski definition) is 6. The van der Waals surface area contributed by atoms with Crippen molar-refractivity contribution in [2.24, 2.45) is 0 Å². The molecule has 128 valence electrons. The van der Waals surface area contributed by atoms with Crippen LogP contribution in [-0.4, -0.2) is 40.9 Å². The van der Waals surface area contributed by atoms with Crippen LogP contribution in [0.2, 0.25) is 0 Å². The van der Waals surface area contributed by atoms with Crippen LogP contribution in [0.4, 0.5) is 0 Å². The Balaban J connectivity index is 1.65. The number of hydrogen-bond donors (Lipinski definition) is 0. The smallest absolute Gasteiger partial charge is 0.161 e. The van der Waals surface area contributed by atoms with Gasteiger partial charge in [-0.2, -0.15) is 0 Å². The van der Waals surface area contributed by atoms with Crippen molar-refractivity contribution in [3.8, 4) is 11.5 Å². The Bertz CT molecular complexity index is 691. The van der Waals surface area contributed by atoms with Gasteiger partial charge in [-0.05, 0) is 29.8 Å². The molecule has 0 atom stereocenters. The number of rotatable bonds is 6. The summed E-state index contributed by atoms with van der Waals surface area (Å²) in [7, 11) is 3.30. The first kappa shape index (κ1) is 17.1. The molecule has 0 aliphatic carbocycles. The van der Waals surface area contributed by atoms with E-state index in [0.717, 1.165) is 40.7 Å². The predicted octanol–water partition coefficient (Wildman–Crippen LogP) is 3.55. The van der Waals surface area contributed by atoms with Crippen LogP contribution in [0.15, 0.2) is 41.0 Å². The third-order valence-electron chi connectivity index (χ3n) is 3.78. The van der Waals surface area contributed by atoms with Gasteiger partial charge in [0.2, 0.25) is 0 Å². The molecule has 0 bridgehead atoms. The Hall–Kier alpha value is -1.70. The largest absolute Gasteiger partial charge is 0.493 e. The van der Waals surface area contributed by atoms with Gasteiger partial charge in [0.1, 0.15) is 10.1 Å². The van der Waals surface area contributed by atoms with Crippen molar-refractivity contribution in [2.45, 2.75) is 13.1 Å². The highest BCUT2D eigenvalue weighted by Gasteiger charge is 2.22. The molecule has 24 heavy (non-hydrogen) atoms. The van der Waals surface area contributed by atoms with Crippen LogP contribution in [0, 0.1) is 0 Å². The quantitative estimate of drug-likeness (QED) is 0.726. The average molecular weight is 364 g/mol. The summed E-state index contributed by atoms with van der Waals surface area (Å²) in [6.07, 6.45) is 1.69. The lowest BCUT2D eigenvalue weighted by Gasteiger charge is -2.36. The zero-order valence-electron chi connectivity index (χ0n) is 13.7. The van der Waals surface area contributed by atoms with E-state index >= 15 is 0 Å². The Labute approximate surface area is 151 Å². The number of nitrogens with zero attached hydrogens (tertiary/aromatic N) is 2. The zero-order chi connectivity index (χ0) is 16.9. The lowest BCUT2D eigenvalue weighted by Crippen LogP contribution is -2.43. The summed E-state index contributed by atoms with van der Waals surface area (Å²) in [6.45, 7) is 2.30. The Morgan fingerprint density at radius 3 is 2.71 bits per heavy atom. The fraction of sp³-hybridized carbons (Fsp3) is 0.353. The number of methoxy groups -OCH3 is 2. The van der Waals surface area contributed by atoms with Crippen LogP contribution >= 0.6 is 24.0 Å². The highest BCUT2D eigenvalue weighted by Crippen LogP contribution is 2.29. The van der Waals surface area contributed by atoms with E-state index in [1.54, 1.807) is 32.2 Å². The molecule has 2 heterocycles. The molecule has 1 aromatic carbocycles. The molecule has 1 saturated heterocycles. The molecule has 1 fully saturated rings. The van der Waals surface area contributed by atoms with Crippen LogP contribution in [0.3, 0.4) is 0 Å². The molecule has 0 amide bonds. The van der Waals surface area contributed by atoms with Crippen molar-refractivity contribution in [1.29, 1.82) is 0 Å². The van der Waals surface area contributed by atoms with E-state index in [2.05, 4.69) is 15.9 Å². The summed E-state index contributed by atoms with van der Waals surface area (Å²) in [5.41, 5.74) is 1.18. The maximum absolute atomic E-state index is 5.47. The van der Waals surface area contributed by atoms with Crippen molar-refractivity contribution in [1.82, 2.24) is 9.80 Å². The Morgan fingerprint density at radius 1 is 1.17 bits per heavy atom. The van der Waals surface area contributed by atoms with Crippen molar-refractivity contribution < 1.29 is 13.9 Å². The van der Waals surface area contributed by atoms with Gasteiger partial charge in [-0.25, -0.2) is 0 Å². The minimum Gasteiger partial charge on any atom is -0.493 e. The predicted molar refractivity (Wildman–Crippen MR) is 99.3 cm³/mol. The maximum atomic E-state index is 5.47. The van der Waals surface area contributed by atoms with Gasteiger partial charge in [0.25, 0.3) is 0 Å². The van der Waals surface area contributed by atoms with Crippen molar-refractivity contribution in [3.63, 3.8) is 0 Å². The molecule has 5 nitrogen and oxygen atoms in total. The van der Waals surface area contributed by atoms with Gasteiger partial charge in [0.15, 0.2) is 11.5 Å². The molecule has 0 spiro atoms. The number of ether oxygens (including phenoxy) is 2. The summed E-state index contributed by atoms with van der Waals surface area (Å²) in [5.74, 6) is 3.30. The van der Waals surface area contributed by atoms with E-state index in [1.807, 2.05) is 24.3 Å². The van der Waals surface area contributed by atoms with Gasteiger partial charge in [-0.3, -0.25) is 4.90 Å². The first-order valence-corrected chi connectivity index (χ1v) is 8.96. The second kappa shape index (κ2) is 7.92. The second-order valence-corrected chi connectivity index (χ2v) is 7.06. The second-order valence-electron chi connectivity index (χ2n) is 5.48. The topological polar surface area (TPSA) is 38.1 Å². The molecular weight excluding hydrogens is 344 g/mol. The van der Waals surface area contributed by atoms with Gasteiger partial charge in [0, 0.05) is 6.54 Å². The van der Waals surface area contributed by atoms with Crippen molar-refractivity contribution >= 4 is 28.3 Å². The van der Waals surface area contributed by atoms with Crippen LogP contribution in [-0.2, 0) is 13.1 Å². The summed E-state index contributed by atoms with van der Waals surface area (Å²) < 4.78 is 17.0. The van der Waals surface area contributed by atoms with E-state index in [4.69, 9.17) is 26.1 Å². The monoisotopic (exact) mass is 364 g/mol. The van der Waals surface area contributed by atoms with Crippen LogP contribution < -0.4 is 9.47 Å². The molecular formula is C17H20N2O3S2. The lowest BCUT2D eigenvalue weighted by molar-refractivity contribution is 0.193. The Morgan fingerprint density at radius 2 is 2.00 bits per heavy atom. The summed E-state index contributed by atoms with van der Waals surface area (Å²) in [4.78, 5) is 4.49. The third-order valence-corrected chi connectivity index (χ3v) is 5.39. The van der Waals surface area contributed by atoms with Gasteiger partial charge in [0.05, 0.1) is 39.6 Å². The number of thiocarbonyl (C=S) groups is 1. The first-order valence-electron chi connectivity index (χ1n) is 7.57. The average Bonchev–Trinajstić information content (AvgIpc) is 3.11. The van der Waals surface area contributed by atoms with E-state index in [0.29, 0.717) is 6.54 Å². The number of benzene rings is 1. The van der Waals surface area contributed by atoms with Crippen molar-refractivity contribution in [3.05, 3.63) is 47.9 Å². The SMILES string of the molecule is COc1ccc(CN2CSC(=S)N(Cc3ccco3)C2)cc1OC. The standard InChI is InChI=1S/C17H20N2O3S2/c1-20-15-6-5-13(8-16(15)21-2)9-18-11-19(17(23)24-12-18)10-14-4-3-7-22-14/h3-8H,9-12H2,1-2H3. The molecule has 1 aromatic heterocycles. The lowest BCUT2D eigenvalue weighted by atomic mass is 10.2.